The molecule has 0 atom stereocenters. The quantitative estimate of drug-likeness (QED) is 0.320. The number of carbonyl (C=O) groups is 1. The molecule has 10 rings (SSSR count). The molecule has 1 aromatic carbocycles. The Bertz CT molecular complexity index is 1460. The van der Waals surface area contributed by atoms with Gasteiger partial charge in [0.25, 0.3) is 0 Å². The molecule has 3 aromatic rings. The summed E-state index contributed by atoms with van der Waals surface area (Å²) < 4.78 is 16.7. The third-order valence-corrected chi connectivity index (χ3v) is 11.4. The largest absolute Gasteiger partial charge is 0.296 e. The van der Waals surface area contributed by atoms with Crippen molar-refractivity contribution >= 4 is 11.7 Å². The Morgan fingerprint density at radius 1 is 0.975 bits per heavy atom. The number of hydrogen-bond acceptors (Lipinski definition) is 3. The minimum absolute atomic E-state index is 0.0911. The number of alkyl halides is 1. The molecule has 4 bridgehead atoms. The summed E-state index contributed by atoms with van der Waals surface area (Å²) in [4.78, 5) is 20.9. The summed E-state index contributed by atoms with van der Waals surface area (Å²) in [6.45, 7) is 2.78. The van der Waals surface area contributed by atoms with Gasteiger partial charge in [-0.15, -0.1) is 0 Å². The van der Waals surface area contributed by atoms with Gasteiger partial charge < -0.3 is 0 Å². The molecule has 7 saturated carbocycles. The van der Waals surface area contributed by atoms with Crippen LogP contribution >= 0.6 is 0 Å². The highest BCUT2D eigenvalue weighted by Crippen LogP contribution is 2.70. The number of nitrogens with zero attached hydrogens (tertiary/aromatic N) is 4. The van der Waals surface area contributed by atoms with E-state index in [2.05, 4.69) is 55.1 Å². The number of rotatable bonds is 7. The van der Waals surface area contributed by atoms with Crippen LogP contribution in [0.25, 0.3) is 11.1 Å². The van der Waals surface area contributed by atoms with Crippen molar-refractivity contribution in [2.24, 2.45) is 17.9 Å². The summed E-state index contributed by atoms with van der Waals surface area (Å²) in [5, 5.41) is 4.90. The second-order valence-corrected chi connectivity index (χ2v) is 14.3. The number of fused-ring (bicyclic) bond motifs is 3. The molecule has 2 heterocycles. The standard InChI is InChI=1S/C34H39FN4O/c1-23-3-5-24(6-4-23)26-9-16-36-29(17-26)39(30(40)33-19-34(35,20-33)21-33)22-31-10-13-32(14-11-31,15-12-31)28-18-27(25-7-8-25)37-38(28)2/h3-6,9,16-18,25H,7-8,10-15,19-22H2,1-2H3. The molecule has 0 radical (unpaired) electrons. The number of aromatic nitrogens is 3. The number of aryl methyl sites for hydroxylation is 2. The van der Waals surface area contributed by atoms with Gasteiger partial charge in [0.05, 0.1) is 11.1 Å². The molecule has 0 saturated heterocycles. The number of benzene rings is 1. The van der Waals surface area contributed by atoms with Crippen LogP contribution in [0.3, 0.4) is 0 Å². The molecular weight excluding hydrogens is 499 g/mol. The van der Waals surface area contributed by atoms with Gasteiger partial charge in [-0.05, 0) is 112 Å². The molecular formula is C34H39FN4O. The summed E-state index contributed by atoms with van der Waals surface area (Å²) in [5.41, 5.74) is 4.79. The van der Waals surface area contributed by atoms with E-state index in [-0.39, 0.29) is 16.7 Å². The molecule has 0 spiro atoms. The van der Waals surface area contributed by atoms with E-state index in [1.165, 1.54) is 29.8 Å². The van der Waals surface area contributed by atoms with E-state index in [9.17, 15) is 9.18 Å². The Morgan fingerprint density at radius 3 is 2.27 bits per heavy atom. The second kappa shape index (κ2) is 8.27. The summed E-state index contributed by atoms with van der Waals surface area (Å²) in [6.07, 6.45) is 12.3. The molecule has 6 heteroatoms. The van der Waals surface area contributed by atoms with Crippen molar-refractivity contribution in [2.45, 2.75) is 94.6 Å². The average molecular weight is 539 g/mol. The Morgan fingerprint density at radius 2 is 1.65 bits per heavy atom. The lowest BCUT2D eigenvalue weighted by Gasteiger charge is -2.65. The fourth-order valence-corrected chi connectivity index (χ4v) is 8.71. The summed E-state index contributed by atoms with van der Waals surface area (Å²) in [7, 11) is 2.13. The number of anilines is 1. The number of carbonyl (C=O) groups excluding carboxylic acids is 1. The van der Waals surface area contributed by atoms with Crippen molar-refractivity contribution < 1.29 is 9.18 Å². The normalized spacial score (nSPS) is 33.8. The topological polar surface area (TPSA) is 51.0 Å². The minimum Gasteiger partial charge on any atom is -0.296 e. The SMILES string of the molecule is Cc1ccc(-c2ccnc(N(CC34CCC(c5cc(C6CC6)nn5C)(CC3)CC4)C(=O)C34CC(F)(C3)C4)c2)cc1. The lowest BCUT2D eigenvalue weighted by Crippen LogP contribution is -2.71. The summed E-state index contributed by atoms with van der Waals surface area (Å²) in [6, 6.07) is 15.0. The van der Waals surface area contributed by atoms with E-state index >= 15 is 0 Å². The van der Waals surface area contributed by atoms with Crippen molar-refractivity contribution in [3.05, 3.63) is 65.6 Å². The van der Waals surface area contributed by atoms with E-state index in [1.54, 1.807) is 0 Å². The molecule has 7 fully saturated rings. The molecule has 5 nitrogen and oxygen atoms in total. The lowest BCUT2D eigenvalue weighted by atomic mass is 9.41. The molecule has 2 aromatic heterocycles. The monoisotopic (exact) mass is 538 g/mol. The minimum atomic E-state index is -1.10. The van der Waals surface area contributed by atoms with Crippen molar-refractivity contribution in [3.63, 3.8) is 0 Å². The van der Waals surface area contributed by atoms with E-state index in [0.717, 1.165) is 55.5 Å². The zero-order valence-corrected chi connectivity index (χ0v) is 23.8. The molecule has 40 heavy (non-hydrogen) atoms. The first kappa shape index (κ1) is 24.8. The van der Waals surface area contributed by atoms with Crippen LogP contribution in [0.1, 0.15) is 93.5 Å². The Hall–Kier alpha value is -3.02. The first-order valence-corrected chi connectivity index (χ1v) is 15.3. The maximum atomic E-state index is 14.6. The molecule has 0 unspecified atom stereocenters. The highest BCUT2D eigenvalue weighted by Gasteiger charge is 2.73. The maximum Gasteiger partial charge on any atom is 0.234 e. The molecule has 0 aliphatic heterocycles. The van der Waals surface area contributed by atoms with Crippen molar-refractivity contribution in [3.8, 4) is 11.1 Å². The van der Waals surface area contributed by atoms with Crippen molar-refractivity contribution in [1.29, 1.82) is 0 Å². The number of pyridine rings is 1. The third kappa shape index (κ3) is 3.74. The van der Waals surface area contributed by atoms with Crippen LogP contribution in [0, 0.1) is 17.8 Å². The predicted octanol–water partition coefficient (Wildman–Crippen LogP) is 7.19. The van der Waals surface area contributed by atoms with Gasteiger partial charge in [-0.1, -0.05) is 29.8 Å². The van der Waals surface area contributed by atoms with Crippen LogP contribution in [0.4, 0.5) is 10.2 Å². The maximum absolute atomic E-state index is 14.6. The molecule has 208 valence electrons. The average Bonchev–Trinajstić information content (AvgIpc) is 3.71. The van der Waals surface area contributed by atoms with Gasteiger partial charge in [-0.25, -0.2) is 9.37 Å². The summed E-state index contributed by atoms with van der Waals surface area (Å²) in [5.74, 6) is 1.49. The lowest BCUT2D eigenvalue weighted by molar-refractivity contribution is -0.211. The zero-order valence-electron chi connectivity index (χ0n) is 23.8. The van der Waals surface area contributed by atoms with E-state index in [1.807, 2.05) is 17.2 Å². The van der Waals surface area contributed by atoms with Gasteiger partial charge in [0, 0.05) is 36.8 Å². The van der Waals surface area contributed by atoms with Gasteiger partial charge in [0.15, 0.2) is 0 Å². The van der Waals surface area contributed by atoms with Crippen LogP contribution in [0.2, 0.25) is 0 Å². The van der Waals surface area contributed by atoms with Gasteiger partial charge in [-0.2, -0.15) is 5.10 Å². The number of amides is 1. The smallest absolute Gasteiger partial charge is 0.234 e. The van der Waals surface area contributed by atoms with E-state index < -0.39 is 11.1 Å². The van der Waals surface area contributed by atoms with Crippen molar-refractivity contribution in [1.82, 2.24) is 14.8 Å². The highest BCUT2D eigenvalue weighted by atomic mass is 19.1. The molecule has 7 aliphatic rings. The van der Waals surface area contributed by atoms with Crippen molar-refractivity contribution in [2.75, 3.05) is 11.4 Å². The van der Waals surface area contributed by atoms with Crippen LogP contribution < -0.4 is 4.90 Å². The van der Waals surface area contributed by atoms with Gasteiger partial charge in [-0.3, -0.25) is 14.4 Å². The highest BCUT2D eigenvalue weighted by molar-refractivity contribution is 6.00. The fraction of sp³-hybridized carbons (Fsp3) is 0.559. The van der Waals surface area contributed by atoms with Gasteiger partial charge in [0.2, 0.25) is 5.91 Å². The zero-order chi connectivity index (χ0) is 27.3. The number of halogens is 1. The Labute approximate surface area is 236 Å². The molecule has 1 amide bonds. The third-order valence-electron chi connectivity index (χ3n) is 11.4. The van der Waals surface area contributed by atoms with Crippen LogP contribution in [-0.2, 0) is 17.3 Å². The summed E-state index contributed by atoms with van der Waals surface area (Å²) >= 11 is 0. The van der Waals surface area contributed by atoms with Crippen LogP contribution in [0.15, 0.2) is 48.7 Å². The Balaban J connectivity index is 1.08. The molecule has 0 N–H and O–H groups in total. The first-order valence-electron chi connectivity index (χ1n) is 15.3. The number of hydrogen-bond donors (Lipinski definition) is 0. The predicted molar refractivity (Wildman–Crippen MR) is 154 cm³/mol. The van der Waals surface area contributed by atoms with Crippen LogP contribution in [-0.4, -0.2) is 32.9 Å². The van der Waals surface area contributed by atoms with Gasteiger partial charge in [0.1, 0.15) is 11.5 Å². The van der Waals surface area contributed by atoms with Gasteiger partial charge >= 0.3 is 0 Å². The van der Waals surface area contributed by atoms with Crippen LogP contribution in [0.5, 0.6) is 0 Å². The van der Waals surface area contributed by atoms with E-state index in [4.69, 9.17) is 10.1 Å². The van der Waals surface area contributed by atoms with E-state index in [0.29, 0.717) is 31.7 Å². The molecule has 7 aliphatic carbocycles. The second-order valence-electron chi connectivity index (χ2n) is 14.3. The fourth-order valence-electron chi connectivity index (χ4n) is 8.71. The first-order chi connectivity index (χ1) is 19.2. The Kier molecular flexibility index (Phi) is 5.11.